The highest BCUT2D eigenvalue weighted by Crippen LogP contribution is 2.40. The van der Waals surface area contributed by atoms with E-state index >= 15 is 0 Å². The van der Waals surface area contributed by atoms with Gasteiger partial charge in [-0.25, -0.2) is 18.3 Å². The quantitative estimate of drug-likeness (QED) is 0.283. The minimum absolute atomic E-state index is 0.0464. The van der Waals surface area contributed by atoms with Crippen molar-refractivity contribution in [1.82, 2.24) is 4.72 Å². The first-order valence-corrected chi connectivity index (χ1v) is 12.1. The van der Waals surface area contributed by atoms with Crippen LogP contribution in [0.25, 0.3) is 0 Å². The number of furan rings is 1. The summed E-state index contributed by atoms with van der Waals surface area (Å²) in [7, 11) is -4.48. The molecule has 0 radical (unpaired) electrons. The molecule has 0 saturated heterocycles. The van der Waals surface area contributed by atoms with E-state index in [0.717, 1.165) is 0 Å². The summed E-state index contributed by atoms with van der Waals surface area (Å²) in [6.07, 6.45) is 1.49. The minimum Gasteiger partial charge on any atom is -0.447 e. The van der Waals surface area contributed by atoms with E-state index in [0.29, 0.717) is 30.6 Å². The molecule has 0 fully saturated rings. The number of sulfonamides is 1. The van der Waals surface area contributed by atoms with Gasteiger partial charge in [-0.1, -0.05) is 44.5 Å². The monoisotopic (exact) mass is 503 g/mol. The number of halogens is 3. The van der Waals surface area contributed by atoms with Crippen LogP contribution in [0.3, 0.4) is 0 Å². The molecule has 12 heteroatoms. The van der Waals surface area contributed by atoms with Crippen molar-refractivity contribution in [3.63, 3.8) is 0 Å². The summed E-state index contributed by atoms with van der Waals surface area (Å²) in [5, 5.41) is 13.3. The summed E-state index contributed by atoms with van der Waals surface area (Å²) >= 11 is 5.83. The van der Waals surface area contributed by atoms with Crippen LogP contribution in [0, 0.1) is 11.6 Å². The van der Waals surface area contributed by atoms with Crippen molar-refractivity contribution in [3.8, 4) is 0 Å². The van der Waals surface area contributed by atoms with Gasteiger partial charge in [-0.3, -0.25) is 0 Å². The molecule has 0 atom stereocenters. The maximum atomic E-state index is 14.8. The molecule has 1 heterocycles. The van der Waals surface area contributed by atoms with Crippen molar-refractivity contribution in [2.45, 2.75) is 63.9 Å². The van der Waals surface area contributed by atoms with Gasteiger partial charge >= 0.3 is 6.03 Å². The second-order valence-electron chi connectivity index (χ2n) is 8.32. The lowest BCUT2D eigenvalue weighted by atomic mass is 9.91. The number of oxime groups is 1. The number of anilines is 1. The molecule has 0 aliphatic heterocycles. The van der Waals surface area contributed by atoms with Crippen LogP contribution in [0.4, 0.5) is 19.3 Å². The number of amides is 2. The van der Waals surface area contributed by atoms with Crippen molar-refractivity contribution in [2.24, 2.45) is 5.16 Å². The smallest absolute Gasteiger partial charge is 0.333 e. The summed E-state index contributed by atoms with van der Waals surface area (Å²) < 4.78 is 62.2. The topological polar surface area (TPSA) is 121 Å². The summed E-state index contributed by atoms with van der Waals surface area (Å²) in [5.74, 6) is -2.73. The number of nitrogens with zero attached hydrogens (tertiary/aromatic N) is 1. The van der Waals surface area contributed by atoms with Gasteiger partial charge < -0.3 is 14.9 Å². The van der Waals surface area contributed by atoms with Gasteiger partial charge in [0.25, 0.3) is 10.0 Å². The average Bonchev–Trinajstić information content (AvgIpc) is 3.16. The van der Waals surface area contributed by atoms with Crippen LogP contribution < -0.4 is 10.0 Å². The van der Waals surface area contributed by atoms with E-state index in [1.165, 1.54) is 6.07 Å². The summed E-state index contributed by atoms with van der Waals surface area (Å²) in [5.41, 5.74) is 0.349. The zero-order chi connectivity index (χ0) is 24.7. The molecule has 1 aromatic heterocycles. The average molecular weight is 504 g/mol. The van der Waals surface area contributed by atoms with Gasteiger partial charge in [-0.15, -0.1) is 0 Å². The van der Waals surface area contributed by atoms with Gasteiger partial charge in [0.2, 0.25) is 5.09 Å². The molecule has 0 saturated carbocycles. The number of carbonyl (C=O) groups excluding carboxylic acids is 1. The Labute approximate surface area is 195 Å². The Morgan fingerprint density at radius 3 is 2.24 bits per heavy atom. The Morgan fingerprint density at radius 1 is 1.15 bits per heavy atom. The number of carbonyl (C=O) groups is 1. The number of benzene rings is 1. The molecule has 180 valence electrons. The Hall–Kier alpha value is -2.66. The Bertz CT molecular complexity index is 1200. The van der Waals surface area contributed by atoms with Crippen LogP contribution in [0.2, 0.25) is 5.02 Å². The lowest BCUT2D eigenvalue weighted by Gasteiger charge is -2.22. The molecule has 33 heavy (non-hydrogen) atoms. The molecule has 0 unspecified atom stereocenters. The van der Waals surface area contributed by atoms with Gasteiger partial charge in [-0.2, -0.15) is 8.42 Å². The fourth-order valence-corrected chi connectivity index (χ4v) is 4.93. The molecule has 2 aromatic rings. The first kappa shape index (κ1) is 25.0. The van der Waals surface area contributed by atoms with Crippen LogP contribution in [0.5, 0.6) is 0 Å². The highest BCUT2D eigenvalue weighted by molar-refractivity contribution is 7.89. The number of urea groups is 1. The molecule has 0 bridgehead atoms. The normalized spacial score (nSPS) is 15.2. The molecule has 2 amide bonds. The zero-order valence-electron chi connectivity index (χ0n) is 18.4. The van der Waals surface area contributed by atoms with Crippen LogP contribution >= 0.6 is 11.6 Å². The number of aryl methyl sites for hydroxylation is 1. The largest absolute Gasteiger partial charge is 0.447 e. The standard InChI is InChI=1S/C21H24ClF2N3O5S/c1-9(2)15-18(23)17(22)19(24)16(10(3)4)20(15)25-21(28)27-33(30,31)14-8-11-12(26-29)6-5-7-13(11)32-14/h8-10,29H,5-7H2,1-4H3,(H2,25,27,28)/b26-12-. The van der Waals surface area contributed by atoms with E-state index in [2.05, 4.69) is 10.5 Å². The van der Waals surface area contributed by atoms with Crippen molar-refractivity contribution in [3.05, 3.63) is 45.2 Å². The van der Waals surface area contributed by atoms with E-state index in [1.54, 1.807) is 32.4 Å². The van der Waals surface area contributed by atoms with E-state index in [-0.39, 0.29) is 22.5 Å². The molecule has 8 nitrogen and oxygen atoms in total. The Morgan fingerprint density at radius 2 is 1.73 bits per heavy atom. The summed E-state index contributed by atoms with van der Waals surface area (Å²) in [4.78, 5) is 12.6. The first-order valence-electron chi connectivity index (χ1n) is 10.3. The van der Waals surface area contributed by atoms with Crippen molar-refractivity contribution < 1.29 is 31.6 Å². The van der Waals surface area contributed by atoms with Crippen LogP contribution in [0.1, 0.15) is 74.8 Å². The van der Waals surface area contributed by atoms with Crippen LogP contribution in [-0.4, -0.2) is 25.4 Å². The fourth-order valence-electron chi connectivity index (χ4n) is 3.85. The van der Waals surface area contributed by atoms with Gasteiger partial charge in [0.05, 0.1) is 11.4 Å². The molecule has 3 N–H and O–H groups in total. The zero-order valence-corrected chi connectivity index (χ0v) is 20.0. The predicted molar refractivity (Wildman–Crippen MR) is 119 cm³/mol. The lowest BCUT2D eigenvalue weighted by molar-refractivity contribution is 0.256. The minimum atomic E-state index is -4.48. The number of nitrogens with one attached hydrogen (secondary N) is 2. The molecule has 0 spiro atoms. The van der Waals surface area contributed by atoms with E-state index in [1.807, 2.05) is 0 Å². The van der Waals surface area contributed by atoms with Gasteiger partial charge in [0.1, 0.15) is 22.4 Å². The third-order valence-corrected chi connectivity index (χ3v) is 6.83. The molecular weight excluding hydrogens is 480 g/mol. The second kappa shape index (κ2) is 9.30. The number of hydrogen-bond acceptors (Lipinski definition) is 6. The fraction of sp³-hybridized carbons (Fsp3) is 0.429. The van der Waals surface area contributed by atoms with E-state index in [9.17, 15) is 22.0 Å². The third-order valence-electron chi connectivity index (χ3n) is 5.32. The molecule has 1 aromatic carbocycles. The lowest BCUT2D eigenvalue weighted by Crippen LogP contribution is -2.35. The van der Waals surface area contributed by atoms with Gasteiger partial charge in [-0.05, 0) is 24.7 Å². The maximum Gasteiger partial charge on any atom is 0.333 e. The highest BCUT2D eigenvalue weighted by Gasteiger charge is 2.31. The van der Waals surface area contributed by atoms with Gasteiger partial charge in [0.15, 0.2) is 0 Å². The molecule has 1 aliphatic rings. The van der Waals surface area contributed by atoms with Crippen molar-refractivity contribution >= 4 is 39.1 Å². The number of rotatable bonds is 5. The van der Waals surface area contributed by atoms with Crippen LogP contribution in [0.15, 0.2) is 20.7 Å². The molecule has 3 rings (SSSR count). The predicted octanol–water partition coefficient (Wildman–Crippen LogP) is 5.48. The van der Waals surface area contributed by atoms with E-state index in [4.69, 9.17) is 21.2 Å². The SMILES string of the molecule is CC(C)c1c(F)c(Cl)c(F)c(C(C)C)c1NC(=O)NS(=O)(=O)c1cc2c(o1)CCC/C2=N/O. The van der Waals surface area contributed by atoms with Gasteiger partial charge in [0, 0.05) is 29.2 Å². The maximum absolute atomic E-state index is 14.8. The number of fused-ring (bicyclic) bond motifs is 1. The summed E-state index contributed by atoms with van der Waals surface area (Å²) in [6, 6.07) is -0.0646. The van der Waals surface area contributed by atoms with Crippen molar-refractivity contribution in [2.75, 3.05) is 5.32 Å². The Kier molecular flexibility index (Phi) is 7.04. The third kappa shape index (κ3) is 4.70. The summed E-state index contributed by atoms with van der Waals surface area (Å²) in [6.45, 7) is 6.52. The van der Waals surface area contributed by atoms with E-state index < -0.39 is 49.6 Å². The molecular formula is C21H24ClF2N3O5S. The van der Waals surface area contributed by atoms with Crippen molar-refractivity contribution in [1.29, 1.82) is 0 Å². The van der Waals surface area contributed by atoms with Crippen LogP contribution in [-0.2, 0) is 16.4 Å². The number of hydrogen-bond donors (Lipinski definition) is 3. The molecule has 1 aliphatic carbocycles. The second-order valence-corrected chi connectivity index (χ2v) is 10.3. The highest BCUT2D eigenvalue weighted by atomic mass is 35.5. The Balaban J connectivity index is 1.97. The first-order chi connectivity index (χ1) is 15.4.